The van der Waals surface area contributed by atoms with Gasteiger partial charge in [0.2, 0.25) is 13.2 Å². The molecule has 2 aromatic carbocycles. The maximum absolute atomic E-state index is 12.8. The first kappa shape index (κ1) is 26.6. The van der Waals surface area contributed by atoms with Crippen LogP contribution in [0, 0.1) is 0 Å². The van der Waals surface area contributed by atoms with Crippen molar-refractivity contribution in [1.82, 2.24) is 14.8 Å². The van der Waals surface area contributed by atoms with Crippen molar-refractivity contribution in [2.45, 2.75) is 19.7 Å². The van der Waals surface area contributed by atoms with Gasteiger partial charge < -0.3 is 19.1 Å². The number of piperazine rings is 1. The second kappa shape index (κ2) is 13.2. The summed E-state index contributed by atoms with van der Waals surface area (Å²) < 4.78 is 15.7. The molecule has 3 heterocycles. The van der Waals surface area contributed by atoms with Gasteiger partial charge in [0.25, 0.3) is 5.91 Å². The lowest BCUT2D eigenvalue weighted by Crippen LogP contribution is -2.48. The molecule has 0 radical (unpaired) electrons. The summed E-state index contributed by atoms with van der Waals surface area (Å²) in [4.78, 5) is 28.9. The van der Waals surface area contributed by atoms with E-state index in [1.54, 1.807) is 30.6 Å². The third-order valence-corrected chi connectivity index (χ3v) is 6.92. The zero-order valence-corrected chi connectivity index (χ0v) is 21.7. The summed E-state index contributed by atoms with van der Waals surface area (Å²) >= 11 is 1.72. The van der Waals surface area contributed by atoms with Crippen LogP contribution in [-0.2, 0) is 29.2 Å². The van der Waals surface area contributed by atoms with Gasteiger partial charge in [-0.3, -0.25) is 19.5 Å². The van der Waals surface area contributed by atoms with E-state index in [4.69, 9.17) is 20.1 Å². The fraction of sp³-hybridized carbons (Fsp3) is 0.333. The Balaban J connectivity index is 0.000000342. The van der Waals surface area contributed by atoms with Crippen LogP contribution in [0.4, 0.5) is 0 Å². The molecule has 0 aliphatic carbocycles. The highest BCUT2D eigenvalue weighted by atomic mass is 32.1. The molecule has 196 valence electrons. The zero-order valence-electron chi connectivity index (χ0n) is 20.9. The number of amides is 2. The second-order valence-electron chi connectivity index (χ2n) is 8.74. The topological polar surface area (TPSA) is 97.6 Å². The Morgan fingerprint density at radius 3 is 2.46 bits per heavy atom. The highest BCUT2D eigenvalue weighted by Crippen LogP contribution is 2.32. The molecule has 0 unspecified atom stereocenters. The summed E-state index contributed by atoms with van der Waals surface area (Å²) in [6, 6.07) is 17.3. The third-order valence-electron chi connectivity index (χ3n) is 6.07. The van der Waals surface area contributed by atoms with Gasteiger partial charge in [-0.05, 0) is 46.8 Å². The minimum atomic E-state index is 0.0271. The highest BCUT2D eigenvalue weighted by molar-refractivity contribution is 7.09. The molecule has 1 aromatic heterocycles. The number of thiophene rings is 1. The summed E-state index contributed by atoms with van der Waals surface area (Å²) in [5.41, 5.74) is 2.70. The van der Waals surface area contributed by atoms with Crippen molar-refractivity contribution in [3.05, 3.63) is 81.5 Å². The Hall–Kier alpha value is -3.44. The number of carbonyl (C=O) groups is 2. The zero-order chi connectivity index (χ0) is 26.0. The van der Waals surface area contributed by atoms with Crippen LogP contribution in [-0.4, -0.2) is 67.2 Å². The van der Waals surface area contributed by atoms with Gasteiger partial charge in [0, 0.05) is 50.3 Å². The minimum absolute atomic E-state index is 0.0271. The summed E-state index contributed by atoms with van der Waals surface area (Å²) in [5, 5.41) is 3.12. The van der Waals surface area contributed by atoms with E-state index in [2.05, 4.69) is 17.0 Å². The molecule has 2 N–H and O–H groups in total. The van der Waals surface area contributed by atoms with E-state index < -0.39 is 0 Å². The Morgan fingerprint density at radius 1 is 1.05 bits per heavy atom. The molecule has 3 aromatic rings. The van der Waals surface area contributed by atoms with E-state index in [0.29, 0.717) is 31.6 Å². The molecule has 5 rings (SSSR count). The largest absolute Gasteiger partial charge is 0.454 e. The first-order valence-electron chi connectivity index (χ1n) is 12.0. The quantitative estimate of drug-likeness (QED) is 0.209. The van der Waals surface area contributed by atoms with E-state index in [0.717, 1.165) is 48.3 Å². The highest BCUT2D eigenvalue weighted by Gasteiger charge is 2.23. The lowest BCUT2D eigenvalue weighted by molar-refractivity contribution is -0.118. The summed E-state index contributed by atoms with van der Waals surface area (Å²) in [6.45, 7) is 5.18. The normalized spacial score (nSPS) is 14.6. The van der Waals surface area contributed by atoms with Crippen LogP contribution in [0.5, 0.6) is 11.5 Å². The molecule has 0 saturated carbocycles. The second-order valence-corrected chi connectivity index (χ2v) is 9.78. The minimum Gasteiger partial charge on any atom is -0.454 e. The molecule has 0 atom stereocenters. The van der Waals surface area contributed by atoms with Gasteiger partial charge in [0.05, 0.1) is 13.2 Å². The molecular formula is C27H32N4O5S. The van der Waals surface area contributed by atoms with Gasteiger partial charge in [-0.15, -0.1) is 11.3 Å². The maximum Gasteiger partial charge on any atom is 0.253 e. The number of fused-ring (bicyclic) bond motifs is 1. The Labute approximate surface area is 220 Å². The van der Waals surface area contributed by atoms with Crippen LogP contribution in [0.1, 0.15) is 26.4 Å². The predicted octanol–water partition coefficient (Wildman–Crippen LogP) is 3.10. The molecule has 2 aliphatic heterocycles. The van der Waals surface area contributed by atoms with Crippen LogP contribution in [0.25, 0.3) is 0 Å². The molecule has 2 aliphatic rings. The Kier molecular flexibility index (Phi) is 9.50. The molecule has 2 amide bonds. The van der Waals surface area contributed by atoms with E-state index in [9.17, 15) is 9.59 Å². The van der Waals surface area contributed by atoms with Crippen molar-refractivity contribution in [3.63, 3.8) is 0 Å². The molecule has 37 heavy (non-hydrogen) atoms. The molecule has 0 bridgehead atoms. The van der Waals surface area contributed by atoms with E-state index in [-0.39, 0.29) is 12.7 Å². The summed E-state index contributed by atoms with van der Waals surface area (Å²) in [5.74, 6) is 7.10. The lowest BCUT2D eigenvalue weighted by atomic mass is 10.1. The number of ether oxygens (including phenoxy) is 3. The van der Waals surface area contributed by atoms with E-state index >= 15 is 0 Å². The third kappa shape index (κ3) is 7.53. The standard InChI is InChI=1S/C21H24N4O4.C6H8OS/c22-25(14-26)13-16-1-4-18(5-2-16)21(27)24-9-7-23(8-10-24)12-17-3-6-19-20(11-17)29-15-28-19;1-7-5-6-3-2-4-8-6/h1-6,11,14H,7-10,12-13,15,22H2;2-4H,5H2,1H3. The molecule has 10 heteroatoms. The van der Waals surface area contributed by atoms with Crippen molar-refractivity contribution in [3.8, 4) is 11.5 Å². The van der Waals surface area contributed by atoms with Crippen LogP contribution >= 0.6 is 11.3 Å². The number of hydrazine groups is 1. The number of nitrogens with two attached hydrogens (primary N) is 1. The fourth-order valence-corrected chi connectivity index (χ4v) is 4.80. The number of methoxy groups -OCH3 is 1. The van der Waals surface area contributed by atoms with Crippen LogP contribution in [0.2, 0.25) is 0 Å². The average molecular weight is 525 g/mol. The molecule has 9 nitrogen and oxygen atoms in total. The smallest absolute Gasteiger partial charge is 0.253 e. The summed E-state index contributed by atoms with van der Waals surface area (Å²) in [7, 11) is 1.71. The van der Waals surface area contributed by atoms with Gasteiger partial charge in [0.1, 0.15) is 0 Å². The van der Waals surface area contributed by atoms with Crippen LogP contribution in [0.3, 0.4) is 0 Å². The number of hydrogen-bond donors (Lipinski definition) is 1. The number of rotatable bonds is 8. The number of hydrogen-bond acceptors (Lipinski definition) is 8. The average Bonchev–Trinajstić information content (AvgIpc) is 3.62. The first-order valence-corrected chi connectivity index (χ1v) is 12.9. The van der Waals surface area contributed by atoms with Gasteiger partial charge in [0.15, 0.2) is 11.5 Å². The SMILES string of the molecule is COCc1cccs1.NN(C=O)Cc1ccc(C(=O)N2CCN(Cc3ccc4c(c3)OCO4)CC2)cc1. The molecule has 1 saturated heterocycles. The van der Waals surface area contributed by atoms with E-state index in [1.807, 2.05) is 40.6 Å². The number of carbonyl (C=O) groups excluding carboxylic acids is 2. The molecular weight excluding hydrogens is 492 g/mol. The van der Waals surface area contributed by atoms with Crippen molar-refractivity contribution in [2.24, 2.45) is 5.84 Å². The Morgan fingerprint density at radius 2 is 1.78 bits per heavy atom. The lowest BCUT2D eigenvalue weighted by Gasteiger charge is -2.34. The van der Waals surface area contributed by atoms with Crippen molar-refractivity contribution < 1.29 is 23.8 Å². The van der Waals surface area contributed by atoms with Crippen molar-refractivity contribution in [1.29, 1.82) is 0 Å². The maximum atomic E-state index is 12.8. The van der Waals surface area contributed by atoms with Crippen LogP contribution in [0.15, 0.2) is 60.0 Å². The number of benzene rings is 2. The van der Waals surface area contributed by atoms with Gasteiger partial charge in [-0.1, -0.05) is 24.3 Å². The van der Waals surface area contributed by atoms with Gasteiger partial charge >= 0.3 is 0 Å². The fourth-order valence-electron chi connectivity index (χ4n) is 4.13. The van der Waals surface area contributed by atoms with Crippen molar-refractivity contribution >= 4 is 23.7 Å². The summed E-state index contributed by atoms with van der Waals surface area (Å²) in [6.07, 6.45) is 0.572. The first-order chi connectivity index (χ1) is 18.1. The van der Waals surface area contributed by atoms with Gasteiger partial charge in [-0.25, -0.2) is 5.84 Å². The van der Waals surface area contributed by atoms with E-state index in [1.165, 1.54) is 10.4 Å². The van der Waals surface area contributed by atoms with Gasteiger partial charge in [-0.2, -0.15) is 0 Å². The number of nitrogens with zero attached hydrogens (tertiary/aromatic N) is 3. The molecule has 1 fully saturated rings. The molecule has 0 spiro atoms. The van der Waals surface area contributed by atoms with Crippen molar-refractivity contribution in [2.75, 3.05) is 40.1 Å². The Bertz CT molecular complexity index is 1150. The van der Waals surface area contributed by atoms with Crippen LogP contribution < -0.4 is 15.3 Å². The monoisotopic (exact) mass is 524 g/mol. The predicted molar refractivity (Wildman–Crippen MR) is 141 cm³/mol.